The summed E-state index contributed by atoms with van der Waals surface area (Å²) in [6, 6.07) is 7.78. The minimum absolute atomic E-state index is 0.0904. The number of aromatic nitrogens is 2. The van der Waals surface area contributed by atoms with Crippen LogP contribution in [0.4, 0.5) is 5.69 Å². The van der Waals surface area contributed by atoms with Crippen LogP contribution in [0.1, 0.15) is 26.2 Å². The molecule has 1 aliphatic heterocycles. The number of piperidine rings is 1. The molecule has 122 valence electrons. The first-order valence-electron chi connectivity index (χ1n) is 8.33. The molecule has 2 aromatic rings. The molecule has 1 aromatic carbocycles. The van der Waals surface area contributed by atoms with Crippen molar-refractivity contribution in [1.29, 1.82) is 0 Å². The zero-order valence-corrected chi connectivity index (χ0v) is 13.5. The van der Waals surface area contributed by atoms with Gasteiger partial charge in [0.05, 0.1) is 0 Å². The second-order valence-electron chi connectivity index (χ2n) is 6.34. The van der Waals surface area contributed by atoms with E-state index in [0.29, 0.717) is 18.3 Å². The zero-order valence-electron chi connectivity index (χ0n) is 13.5. The number of benzene rings is 1. The molecule has 1 amide bonds. The maximum Gasteiger partial charge on any atom is 0.224 e. The van der Waals surface area contributed by atoms with Gasteiger partial charge in [-0.2, -0.15) is 0 Å². The van der Waals surface area contributed by atoms with E-state index in [0.717, 1.165) is 30.2 Å². The van der Waals surface area contributed by atoms with Gasteiger partial charge in [-0.05, 0) is 49.9 Å². The lowest BCUT2D eigenvalue weighted by Gasteiger charge is -2.27. The quantitative estimate of drug-likeness (QED) is 0.795. The summed E-state index contributed by atoms with van der Waals surface area (Å²) >= 11 is 0. The highest BCUT2D eigenvalue weighted by Gasteiger charge is 2.22. The van der Waals surface area contributed by atoms with Crippen molar-refractivity contribution in [1.82, 2.24) is 15.3 Å². The molecule has 1 unspecified atom stereocenters. The van der Waals surface area contributed by atoms with Gasteiger partial charge in [0.15, 0.2) is 0 Å². The molecule has 3 rings (SSSR count). The van der Waals surface area contributed by atoms with Crippen LogP contribution in [-0.2, 0) is 4.79 Å². The maximum atomic E-state index is 12.3. The molecule has 3 N–H and O–H groups in total. The van der Waals surface area contributed by atoms with Crippen LogP contribution in [0.3, 0.4) is 0 Å². The minimum atomic E-state index is 0.0904. The van der Waals surface area contributed by atoms with Gasteiger partial charge in [-0.3, -0.25) is 4.79 Å². The fourth-order valence-electron chi connectivity index (χ4n) is 3.25. The van der Waals surface area contributed by atoms with Crippen LogP contribution >= 0.6 is 0 Å². The summed E-state index contributed by atoms with van der Waals surface area (Å²) in [5.41, 5.74) is 1.79. The number of carbonyl (C=O) groups excluding carboxylic acids is 1. The SMILES string of the molecule is CC(CC(=O)Nc1cccc(-c2ncc[nH]2)c1)C1CCNCC1. The van der Waals surface area contributed by atoms with E-state index in [-0.39, 0.29) is 5.91 Å². The zero-order chi connectivity index (χ0) is 16.1. The Labute approximate surface area is 136 Å². The minimum Gasteiger partial charge on any atom is -0.345 e. The number of anilines is 1. The highest BCUT2D eigenvalue weighted by molar-refractivity contribution is 5.91. The first-order valence-corrected chi connectivity index (χ1v) is 8.33. The summed E-state index contributed by atoms with van der Waals surface area (Å²) in [7, 11) is 0. The predicted octanol–water partition coefficient (Wildman–Crippen LogP) is 3.04. The third-order valence-electron chi connectivity index (χ3n) is 4.61. The van der Waals surface area contributed by atoms with Gasteiger partial charge in [0.1, 0.15) is 5.82 Å². The summed E-state index contributed by atoms with van der Waals surface area (Å²) in [5.74, 6) is 1.97. The Kier molecular flexibility index (Phi) is 5.08. The third-order valence-corrected chi connectivity index (χ3v) is 4.61. The molecule has 1 aliphatic rings. The van der Waals surface area contributed by atoms with E-state index in [4.69, 9.17) is 0 Å². The number of imidazole rings is 1. The fourth-order valence-corrected chi connectivity index (χ4v) is 3.25. The summed E-state index contributed by atoms with van der Waals surface area (Å²) < 4.78 is 0. The molecule has 1 atom stereocenters. The Morgan fingerprint density at radius 1 is 1.39 bits per heavy atom. The summed E-state index contributed by atoms with van der Waals surface area (Å²) in [4.78, 5) is 19.6. The van der Waals surface area contributed by atoms with Crippen molar-refractivity contribution in [2.45, 2.75) is 26.2 Å². The molecule has 1 saturated heterocycles. The summed E-state index contributed by atoms with van der Waals surface area (Å²) in [6.07, 6.45) is 6.43. The number of nitrogens with zero attached hydrogens (tertiary/aromatic N) is 1. The number of amides is 1. The number of hydrogen-bond donors (Lipinski definition) is 3. The summed E-state index contributed by atoms with van der Waals surface area (Å²) in [6.45, 7) is 4.33. The van der Waals surface area contributed by atoms with Gasteiger partial charge in [0.25, 0.3) is 0 Å². The van der Waals surface area contributed by atoms with E-state index in [1.807, 2.05) is 24.3 Å². The van der Waals surface area contributed by atoms with E-state index in [1.165, 1.54) is 12.8 Å². The molecule has 5 nitrogen and oxygen atoms in total. The topological polar surface area (TPSA) is 69.8 Å². The Hall–Kier alpha value is -2.14. The normalized spacial score (nSPS) is 16.9. The first-order chi connectivity index (χ1) is 11.2. The van der Waals surface area contributed by atoms with Gasteiger partial charge in [-0.1, -0.05) is 19.1 Å². The van der Waals surface area contributed by atoms with Gasteiger partial charge >= 0.3 is 0 Å². The Balaban J connectivity index is 1.58. The Morgan fingerprint density at radius 3 is 2.96 bits per heavy atom. The molecule has 0 saturated carbocycles. The van der Waals surface area contributed by atoms with E-state index in [9.17, 15) is 4.79 Å². The number of nitrogens with one attached hydrogen (secondary N) is 3. The largest absolute Gasteiger partial charge is 0.345 e. The van der Waals surface area contributed by atoms with Crippen molar-refractivity contribution in [3.05, 3.63) is 36.7 Å². The summed E-state index contributed by atoms with van der Waals surface area (Å²) in [5, 5.41) is 6.39. The second-order valence-corrected chi connectivity index (χ2v) is 6.34. The number of aromatic amines is 1. The van der Waals surface area contributed by atoms with Crippen molar-refractivity contribution in [3.63, 3.8) is 0 Å². The number of rotatable bonds is 5. The fraction of sp³-hybridized carbons (Fsp3) is 0.444. The van der Waals surface area contributed by atoms with Crippen LogP contribution in [-0.4, -0.2) is 29.0 Å². The van der Waals surface area contributed by atoms with E-state index >= 15 is 0 Å². The number of carbonyl (C=O) groups is 1. The first kappa shape index (κ1) is 15.7. The van der Waals surface area contributed by atoms with Crippen LogP contribution in [0, 0.1) is 11.8 Å². The highest BCUT2D eigenvalue weighted by atomic mass is 16.1. The molecule has 0 spiro atoms. The standard InChI is InChI=1S/C18H24N4O/c1-13(14-5-7-19-8-6-14)11-17(23)22-16-4-2-3-15(12-16)18-20-9-10-21-18/h2-4,9-10,12-14,19H,5-8,11H2,1H3,(H,20,21)(H,22,23). The smallest absolute Gasteiger partial charge is 0.224 e. The van der Waals surface area contributed by atoms with Crippen LogP contribution in [0.5, 0.6) is 0 Å². The molecule has 0 bridgehead atoms. The van der Waals surface area contributed by atoms with Crippen molar-refractivity contribution >= 4 is 11.6 Å². The molecule has 0 aliphatic carbocycles. The second kappa shape index (κ2) is 7.42. The lowest BCUT2D eigenvalue weighted by Crippen LogP contribution is -2.32. The molecular formula is C18H24N4O. The molecule has 5 heteroatoms. The molecule has 0 radical (unpaired) electrons. The van der Waals surface area contributed by atoms with Crippen molar-refractivity contribution < 1.29 is 4.79 Å². The Bertz CT molecular complexity index is 632. The van der Waals surface area contributed by atoms with Gasteiger partial charge in [-0.25, -0.2) is 4.98 Å². The maximum absolute atomic E-state index is 12.3. The van der Waals surface area contributed by atoms with Gasteiger partial charge in [-0.15, -0.1) is 0 Å². The van der Waals surface area contributed by atoms with Crippen LogP contribution in [0.15, 0.2) is 36.7 Å². The highest BCUT2D eigenvalue weighted by Crippen LogP contribution is 2.25. The molecule has 1 aromatic heterocycles. The van der Waals surface area contributed by atoms with E-state index < -0.39 is 0 Å². The van der Waals surface area contributed by atoms with Crippen molar-refractivity contribution in [2.24, 2.45) is 11.8 Å². The van der Waals surface area contributed by atoms with Crippen LogP contribution in [0.2, 0.25) is 0 Å². The molecule has 1 fully saturated rings. The third kappa shape index (κ3) is 4.20. The van der Waals surface area contributed by atoms with E-state index in [2.05, 4.69) is 27.5 Å². The lowest BCUT2D eigenvalue weighted by atomic mass is 9.84. The van der Waals surface area contributed by atoms with Gasteiger partial charge in [0, 0.05) is 30.1 Å². The lowest BCUT2D eigenvalue weighted by molar-refractivity contribution is -0.117. The van der Waals surface area contributed by atoms with E-state index in [1.54, 1.807) is 12.4 Å². The average molecular weight is 312 g/mol. The molecule has 2 heterocycles. The predicted molar refractivity (Wildman–Crippen MR) is 92.0 cm³/mol. The molecule has 23 heavy (non-hydrogen) atoms. The van der Waals surface area contributed by atoms with Crippen LogP contribution < -0.4 is 10.6 Å². The average Bonchev–Trinajstić information content (AvgIpc) is 3.10. The Morgan fingerprint density at radius 2 is 2.22 bits per heavy atom. The molecular weight excluding hydrogens is 288 g/mol. The monoisotopic (exact) mass is 312 g/mol. The van der Waals surface area contributed by atoms with Crippen molar-refractivity contribution in [3.8, 4) is 11.4 Å². The van der Waals surface area contributed by atoms with Crippen LogP contribution in [0.25, 0.3) is 11.4 Å². The van der Waals surface area contributed by atoms with Gasteiger partial charge < -0.3 is 15.6 Å². The van der Waals surface area contributed by atoms with Gasteiger partial charge in [0.2, 0.25) is 5.91 Å². The number of H-pyrrole nitrogens is 1. The number of hydrogen-bond acceptors (Lipinski definition) is 3. The van der Waals surface area contributed by atoms with Crippen molar-refractivity contribution in [2.75, 3.05) is 18.4 Å².